The molecule has 1 aliphatic heterocycles. The fourth-order valence-corrected chi connectivity index (χ4v) is 4.97. The van der Waals surface area contributed by atoms with Crippen LogP contribution in [0.15, 0.2) is 77.7 Å². The summed E-state index contributed by atoms with van der Waals surface area (Å²) >= 11 is 5.93. The van der Waals surface area contributed by atoms with Gasteiger partial charge in [-0.3, -0.25) is 9.10 Å². The van der Waals surface area contributed by atoms with Gasteiger partial charge in [-0.1, -0.05) is 41.9 Å². The lowest BCUT2D eigenvalue weighted by Gasteiger charge is -2.28. The summed E-state index contributed by atoms with van der Waals surface area (Å²) in [7, 11) is -2.38. The number of carbonyl (C=O) groups is 1. The fraction of sp³-hybridized carbons (Fsp3) is 0.208. The van der Waals surface area contributed by atoms with Crippen LogP contribution in [0.2, 0.25) is 5.02 Å². The van der Waals surface area contributed by atoms with E-state index in [9.17, 15) is 13.2 Å². The van der Waals surface area contributed by atoms with Gasteiger partial charge < -0.3 is 14.4 Å². The molecule has 0 atom stereocenters. The third-order valence-corrected chi connectivity index (χ3v) is 7.22. The zero-order valence-corrected chi connectivity index (χ0v) is 19.6. The molecule has 9 heteroatoms. The average Bonchev–Trinajstić information content (AvgIpc) is 2.84. The summed E-state index contributed by atoms with van der Waals surface area (Å²) in [5.74, 6) is 0.613. The largest absolute Gasteiger partial charge is 0.486 e. The predicted molar refractivity (Wildman–Crippen MR) is 126 cm³/mol. The molecule has 7 nitrogen and oxygen atoms in total. The number of halogens is 1. The van der Waals surface area contributed by atoms with E-state index in [4.69, 9.17) is 21.1 Å². The minimum atomic E-state index is -4.02. The molecule has 1 heterocycles. The molecule has 1 aliphatic rings. The molecule has 0 radical (unpaired) electrons. The highest BCUT2D eigenvalue weighted by atomic mass is 35.5. The molecule has 1 amide bonds. The van der Waals surface area contributed by atoms with E-state index < -0.39 is 10.0 Å². The van der Waals surface area contributed by atoms with Crippen molar-refractivity contribution in [3.8, 4) is 11.5 Å². The molecule has 0 bridgehead atoms. The Kier molecular flexibility index (Phi) is 6.76. The SMILES string of the molecule is CN(Cc1ccc(Cl)cc1)C(=O)CN(c1ccc2c(c1)OCCO2)S(=O)(=O)c1ccccc1. The molecule has 3 aromatic carbocycles. The first kappa shape index (κ1) is 22.9. The average molecular weight is 487 g/mol. The standard InChI is InChI=1S/C24H23ClN2O5S/c1-26(16-18-7-9-19(25)10-8-18)24(28)17-27(33(29,30)21-5-3-2-4-6-21)20-11-12-22-23(15-20)32-14-13-31-22/h2-12,15H,13-14,16-17H2,1H3. The lowest BCUT2D eigenvalue weighted by molar-refractivity contribution is -0.128. The van der Waals surface area contributed by atoms with Crippen LogP contribution in [0, 0.1) is 0 Å². The molecule has 3 aromatic rings. The van der Waals surface area contributed by atoms with Crippen LogP contribution in [0.1, 0.15) is 5.56 Å². The summed E-state index contributed by atoms with van der Waals surface area (Å²) < 4.78 is 39.3. The van der Waals surface area contributed by atoms with Gasteiger partial charge in [-0.2, -0.15) is 0 Å². The highest BCUT2D eigenvalue weighted by Crippen LogP contribution is 2.35. The van der Waals surface area contributed by atoms with Crippen molar-refractivity contribution in [3.63, 3.8) is 0 Å². The molecule has 0 spiro atoms. The summed E-state index contributed by atoms with van der Waals surface area (Å²) in [5.41, 5.74) is 1.20. The quantitative estimate of drug-likeness (QED) is 0.505. The number of amides is 1. The molecular weight excluding hydrogens is 464 g/mol. The number of hydrogen-bond donors (Lipinski definition) is 0. The van der Waals surface area contributed by atoms with Gasteiger partial charge in [0.25, 0.3) is 10.0 Å². The summed E-state index contributed by atoms with van der Waals surface area (Å²) in [4.78, 5) is 14.7. The van der Waals surface area contributed by atoms with Crippen molar-refractivity contribution in [2.75, 3.05) is 31.1 Å². The topological polar surface area (TPSA) is 76.2 Å². The van der Waals surface area contributed by atoms with Crippen molar-refractivity contribution in [2.24, 2.45) is 0 Å². The Morgan fingerprint density at radius 3 is 2.30 bits per heavy atom. The van der Waals surface area contributed by atoms with E-state index in [0.29, 0.717) is 42.0 Å². The van der Waals surface area contributed by atoms with E-state index in [-0.39, 0.29) is 17.3 Å². The van der Waals surface area contributed by atoms with E-state index >= 15 is 0 Å². The molecule has 33 heavy (non-hydrogen) atoms. The Bertz CT molecular complexity index is 1230. The first-order valence-electron chi connectivity index (χ1n) is 10.3. The lowest BCUT2D eigenvalue weighted by Crippen LogP contribution is -2.41. The fourth-order valence-electron chi connectivity index (χ4n) is 3.42. The Labute approximate surface area is 198 Å². The summed E-state index contributed by atoms with van der Waals surface area (Å²) in [6, 6.07) is 20.0. The van der Waals surface area contributed by atoms with E-state index in [0.717, 1.165) is 9.87 Å². The second-order valence-electron chi connectivity index (χ2n) is 7.53. The number of carbonyl (C=O) groups excluding carboxylic acids is 1. The normalized spacial score (nSPS) is 12.8. The first-order valence-corrected chi connectivity index (χ1v) is 12.1. The van der Waals surface area contributed by atoms with Crippen LogP contribution in [-0.2, 0) is 21.4 Å². The van der Waals surface area contributed by atoms with Crippen LogP contribution in [-0.4, -0.2) is 46.0 Å². The Balaban J connectivity index is 1.64. The molecule has 0 N–H and O–H groups in total. The van der Waals surface area contributed by atoms with Gasteiger partial charge in [0.05, 0.1) is 10.6 Å². The van der Waals surface area contributed by atoms with Gasteiger partial charge in [-0.25, -0.2) is 8.42 Å². The second kappa shape index (κ2) is 9.72. The Hall–Kier alpha value is -3.23. The summed E-state index contributed by atoms with van der Waals surface area (Å²) in [6.45, 7) is 0.730. The summed E-state index contributed by atoms with van der Waals surface area (Å²) in [5, 5.41) is 0.603. The zero-order chi connectivity index (χ0) is 23.4. The number of anilines is 1. The van der Waals surface area contributed by atoms with Gasteiger partial charge in [0.15, 0.2) is 11.5 Å². The molecule has 0 saturated heterocycles. The number of rotatable bonds is 7. The highest BCUT2D eigenvalue weighted by Gasteiger charge is 2.29. The minimum absolute atomic E-state index is 0.0908. The van der Waals surface area contributed by atoms with Crippen molar-refractivity contribution in [1.82, 2.24) is 4.90 Å². The lowest BCUT2D eigenvalue weighted by atomic mass is 10.2. The molecule has 172 valence electrons. The van der Waals surface area contributed by atoms with Gasteiger partial charge in [-0.15, -0.1) is 0 Å². The number of likely N-dealkylation sites (N-methyl/N-ethyl adjacent to an activating group) is 1. The third-order valence-electron chi connectivity index (χ3n) is 5.18. The van der Waals surface area contributed by atoms with Gasteiger partial charge in [-0.05, 0) is 42.0 Å². The van der Waals surface area contributed by atoms with Gasteiger partial charge >= 0.3 is 0 Å². The van der Waals surface area contributed by atoms with Gasteiger partial charge in [0.1, 0.15) is 19.8 Å². The maximum atomic E-state index is 13.5. The van der Waals surface area contributed by atoms with Crippen molar-refractivity contribution < 1.29 is 22.7 Å². The molecular formula is C24H23ClN2O5S. The van der Waals surface area contributed by atoms with Crippen molar-refractivity contribution in [1.29, 1.82) is 0 Å². The Morgan fingerprint density at radius 2 is 1.61 bits per heavy atom. The van der Waals surface area contributed by atoms with Crippen LogP contribution in [0.4, 0.5) is 5.69 Å². The maximum absolute atomic E-state index is 13.5. The highest BCUT2D eigenvalue weighted by molar-refractivity contribution is 7.92. The predicted octanol–water partition coefficient (Wildman–Crippen LogP) is 3.97. The van der Waals surface area contributed by atoms with Crippen LogP contribution in [0.3, 0.4) is 0 Å². The van der Waals surface area contributed by atoms with Crippen LogP contribution in [0.5, 0.6) is 11.5 Å². The summed E-state index contributed by atoms with van der Waals surface area (Å²) in [6.07, 6.45) is 0. The van der Waals surface area contributed by atoms with Crippen molar-refractivity contribution in [3.05, 3.63) is 83.4 Å². The molecule has 0 aromatic heterocycles. The van der Waals surface area contributed by atoms with Crippen LogP contribution < -0.4 is 13.8 Å². The van der Waals surface area contributed by atoms with Crippen LogP contribution in [0.25, 0.3) is 0 Å². The van der Waals surface area contributed by atoms with Crippen molar-refractivity contribution >= 4 is 33.2 Å². The number of benzene rings is 3. The van der Waals surface area contributed by atoms with Crippen molar-refractivity contribution in [2.45, 2.75) is 11.4 Å². The maximum Gasteiger partial charge on any atom is 0.264 e. The monoisotopic (exact) mass is 486 g/mol. The number of nitrogens with zero attached hydrogens (tertiary/aromatic N) is 2. The molecule has 0 saturated carbocycles. The van der Waals surface area contributed by atoms with E-state index in [2.05, 4.69) is 0 Å². The van der Waals surface area contributed by atoms with E-state index in [1.165, 1.54) is 17.0 Å². The number of fused-ring (bicyclic) bond motifs is 1. The smallest absolute Gasteiger partial charge is 0.264 e. The van der Waals surface area contributed by atoms with Gasteiger partial charge in [0, 0.05) is 24.7 Å². The first-order chi connectivity index (χ1) is 15.8. The van der Waals surface area contributed by atoms with E-state index in [1.807, 2.05) is 12.1 Å². The Morgan fingerprint density at radius 1 is 0.939 bits per heavy atom. The molecule has 4 rings (SSSR count). The second-order valence-corrected chi connectivity index (χ2v) is 9.83. The number of sulfonamides is 1. The minimum Gasteiger partial charge on any atom is -0.486 e. The zero-order valence-electron chi connectivity index (χ0n) is 18.0. The van der Waals surface area contributed by atoms with E-state index in [1.54, 1.807) is 55.6 Å². The molecule has 0 fully saturated rings. The number of hydrogen-bond acceptors (Lipinski definition) is 5. The molecule has 0 aliphatic carbocycles. The third kappa shape index (κ3) is 5.23. The van der Waals surface area contributed by atoms with Gasteiger partial charge in [0.2, 0.25) is 5.91 Å². The number of ether oxygens (including phenoxy) is 2. The molecule has 0 unspecified atom stereocenters. The van der Waals surface area contributed by atoms with Crippen LogP contribution >= 0.6 is 11.6 Å².